The summed E-state index contributed by atoms with van der Waals surface area (Å²) in [5, 5.41) is -0.592. The van der Waals surface area contributed by atoms with Crippen molar-refractivity contribution in [2.75, 3.05) is 14.1 Å². The summed E-state index contributed by atoms with van der Waals surface area (Å²) in [6.45, 7) is 15.0. The second-order valence-corrected chi connectivity index (χ2v) is 20.1. The first-order chi connectivity index (χ1) is 10.7. The van der Waals surface area contributed by atoms with Gasteiger partial charge < -0.3 is 8.44 Å². The Morgan fingerprint density at radius 2 is 1.40 bits per heavy atom. The smallest absolute Gasteiger partial charge is 0.329 e. The summed E-state index contributed by atoms with van der Waals surface area (Å²) in [5.41, 5.74) is -5.34. The molecule has 0 heterocycles. The molecule has 0 aliphatic carbocycles. The number of hydrogen-bond donors (Lipinski definition) is 0. The molecule has 10 heteroatoms. The molecule has 0 aliphatic heterocycles. The van der Waals surface area contributed by atoms with E-state index in [-0.39, 0.29) is 0 Å². The second-order valence-electron chi connectivity index (χ2n) is 8.55. The monoisotopic (exact) mass is 423 g/mol. The van der Waals surface area contributed by atoms with Crippen molar-refractivity contribution >= 4 is 26.7 Å². The fourth-order valence-electron chi connectivity index (χ4n) is 1.28. The Morgan fingerprint density at radius 3 is 1.64 bits per heavy atom. The highest BCUT2D eigenvalue weighted by atomic mass is 32.2. The van der Waals surface area contributed by atoms with Crippen LogP contribution in [-0.2, 0) is 14.0 Å². The fourth-order valence-corrected chi connectivity index (χ4v) is 6.52. The van der Waals surface area contributed by atoms with E-state index in [1.165, 1.54) is 32.0 Å². The highest BCUT2D eigenvalue weighted by molar-refractivity contribution is 7.88. The normalized spacial score (nSPS) is 14.3. The van der Waals surface area contributed by atoms with E-state index >= 15 is 0 Å². The third kappa shape index (κ3) is 9.55. The molecule has 0 bridgehead atoms. The Bertz CT molecular complexity index is 499. The quantitative estimate of drug-likeness (QED) is 0.423. The lowest BCUT2D eigenvalue weighted by Crippen LogP contribution is -2.45. The lowest BCUT2D eigenvalue weighted by atomic mass is 10.2. The first-order valence-electron chi connectivity index (χ1n) is 8.40. The van der Waals surface area contributed by atoms with Crippen LogP contribution in [0.15, 0.2) is 0 Å². The molecule has 0 radical (unpaired) electrons. The summed E-state index contributed by atoms with van der Waals surface area (Å²) in [5.74, 6) is 0. The molecule has 0 N–H and O–H groups in total. The van der Waals surface area contributed by atoms with Gasteiger partial charge in [-0.05, 0) is 38.3 Å². The van der Waals surface area contributed by atoms with Gasteiger partial charge in [-0.25, -0.2) is 0 Å². The van der Waals surface area contributed by atoms with Crippen molar-refractivity contribution in [3.63, 3.8) is 0 Å². The molecule has 0 aliphatic rings. The highest BCUT2D eigenvalue weighted by Gasteiger charge is 2.52. The molecule has 25 heavy (non-hydrogen) atoms. The Balaban J connectivity index is 0. The molecular weight excluding hydrogens is 387 g/mol. The number of hydrogen-bond acceptors (Lipinski definition) is 4. The molecule has 4 nitrogen and oxygen atoms in total. The minimum absolute atomic E-state index is 0.592. The zero-order chi connectivity index (χ0) is 20.9. The molecular formula is C15H36F3NO3SSi2. The molecule has 0 amide bonds. The van der Waals surface area contributed by atoms with Gasteiger partial charge in [-0.3, -0.25) is 0 Å². The molecule has 0 spiro atoms. The maximum absolute atomic E-state index is 12.1. The van der Waals surface area contributed by atoms with Crippen LogP contribution in [-0.4, -0.2) is 49.1 Å². The number of alkyl halides is 3. The summed E-state index contributed by atoms with van der Waals surface area (Å²) >= 11 is 0. The molecule has 0 saturated heterocycles. The van der Waals surface area contributed by atoms with Crippen LogP contribution in [0, 0.1) is 0 Å². The summed E-state index contributed by atoms with van der Waals surface area (Å²) in [6, 6.07) is 1.44. The molecule has 0 saturated carbocycles. The maximum Gasteiger partial charge on any atom is 0.522 e. The third-order valence-electron chi connectivity index (χ3n) is 4.76. The molecule has 0 fully saturated rings. The van der Waals surface area contributed by atoms with E-state index in [0.29, 0.717) is 0 Å². The van der Waals surface area contributed by atoms with Gasteiger partial charge in [0.2, 0.25) is 8.32 Å². The summed E-state index contributed by atoms with van der Waals surface area (Å²) < 4.78 is 64.6. The molecule has 0 rings (SSSR count). The molecule has 0 unspecified atom stereocenters. The average Bonchev–Trinajstić information content (AvgIpc) is 2.33. The summed E-state index contributed by atoms with van der Waals surface area (Å²) in [6.07, 6.45) is 2.74. The number of halogens is 3. The van der Waals surface area contributed by atoms with E-state index in [1.807, 2.05) is 0 Å². The number of rotatable bonds is 6. The molecule has 0 aromatic carbocycles. The van der Waals surface area contributed by atoms with Crippen molar-refractivity contribution in [3.8, 4) is 0 Å². The van der Waals surface area contributed by atoms with E-state index in [9.17, 15) is 21.6 Å². The molecule has 0 atom stereocenters. The lowest BCUT2D eigenvalue weighted by Gasteiger charge is -2.35. The lowest BCUT2D eigenvalue weighted by molar-refractivity contribution is -0.0504. The van der Waals surface area contributed by atoms with Crippen LogP contribution in [0.5, 0.6) is 0 Å². The minimum Gasteiger partial charge on any atom is -0.329 e. The van der Waals surface area contributed by atoms with E-state index < -0.39 is 37.2 Å². The van der Waals surface area contributed by atoms with Crippen molar-refractivity contribution in [2.45, 2.75) is 83.3 Å². The topological polar surface area (TPSA) is 46.6 Å². The molecule has 0 aromatic heterocycles. The Kier molecular flexibility index (Phi) is 10.2. The summed E-state index contributed by atoms with van der Waals surface area (Å²) in [7, 11) is -4.98. The fraction of sp³-hybridized carbons (Fsp3) is 1.00. The third-order valence-corrected chi connectivity index (χ3v) is 15.5. The highest BCUT2D eigenvalue weighted by Crippen LogP contribution is 2.40. The SMILES string of the molecule is CC(C)(C)[Si](C)(C)OS(=O)(=O)C(F)(F)F.CCCC[Si](C)(C)N(C)C. The van der Waals surface area contributed by atoms with Crippen LogP contribution >= 0.6 is 0 Å². The second kappa shape index (κ2) is 9.34. The van der Waals surface area contributed by atoms with Crippen molar-refractivity contribution in [1.82, 2.24) is 4.57 Å². The number of nitrogens with zero attached hydrogens (tertiary/aromatic N) is 1. The van der Waals surface area contributed by atoms with Crippen LogP contribution in [0.1, 0.15) is 40.5 Å². The minimum atomic E-state index is -5.48. The van der Waals surface area contributed by atoms with Gasteiger partial charge in [-0.1, -0.05) is 53.6 Å². The van der Waals surface area contributed by atoms with Gasteiger partial charge in [0.05, 0.1) is 0 Å². The predicted octanol–water partition coefficient (Wildman–Crippen LogP) is 5.41. The van der Waals surface area contributed by atoms with Crippen LogP contribution in [0.25, 0.3) is 0 Å². The molecule has 0 aromatic rings. The van der Waals surface area contributed by atoms with Gasteiger partial charge in [0.15, 0.2) is 0 Å². The van der Waals surface area contributed by atoms with E-state index in [4.69, 9.17) is 0 Å². The van der Waals surface area contributed by atoms with Gasteiger partial charge in [0, 0.05) is 0 Å². The zero-order valence-electron chi connectivity index (χ0n) is 17.3. The van der Waals surface area contributed by atoms with Crippen LogP contribution in [0.4, 0.5) is 13.2 Å². The Labute approximate surface area is 154 Å². The van der Waals surface area contributed by atoms with Gasteiger partial charge in [0.25, 0.3) is 0 Å². The van der Waals surface area contributed by atoms with Gasteiger partial charge in [-0.15, -0.1) is 0 Å². The van der Waals surface area contributed by atoms with Gasteiger partial charge in [-0.2, -0.15) is 21.6 Å². The van der Waals surface area contributed by atoms with E-state index in [1.54, 1.807) is 20.8 Å². The average molecular weight is 424 g/mol. The first-order valence-corrected chi connectivity index (χ1v) is 15.9. The van der Waals surface area contributed by atoms with Crippen LogP contribution in [0.2, 0.25) is 37.3 Å². The van der Waals surface area contributed by atoms with Crippen molar-refractivity contribution < 1.29 is 25.5 Å². The predicted molar refractivity (Wildman–Crippen MR) is 104 cm³/mol. The molecule has 154 valence electrons. The van der Waals surface area contributed by atoms with E-state index in [2.05, 4.69) is 42.6 Å². The van der Waals surface area contributed by atoms with Gasteiger partial charge in [0.1, 0.15) is 8.24 Å². The Hall–Kier alpha value is 0.0938. The maximum atomic E-state index is 12.1. The van der Waals surface area contributed by atoms with Crippen molar-refractivity contribution in [1.29, 1.82) is 0 Å². The number of unbranched alkanes of at least 4 members (excludes halogenated alkanes) is 1. The van der Waals surface area contributed by atoms with Gasteiger partial charge >= 0.3 is 15.6 Å². The van der Waals surface area contributed by atoms with E-state index in [0.717, 1.165) is 0 Å². The standard InChI is InChI=1S/C8H21NSi.C7H15F3O3SSi/c1-6-7-8-10(4,5)9(2)3;1-6(2,3)15(4,5)13-14(11,12)7(8,9)10/h6-8H2,1-5H3;1-5H3. The van der Waals surface area contributed by atoms with Crippen molar-refractivity contribution in [2.24, 2.45) is 0 Å². The Morgan fingerprint density at radius 1 is 1.00 bits per heavy atom. The zero-order valence-corrected chi connectivity index (χ0v) is 20.2. The van der Waals surface area contributed by atoms with Crippen molar-refractivity contribution in [3.05, 3.63) is 0 Å². The van der Waals surface area contributed by atoms with Crippen LogP contribution in [0.3, 0.4) is 0 Å². The van der Waals surface area contributed by atoms with Crippen LogP contribution < -0.4 is 0 Å². The summed E-state index contributed by atoms with van der Waals surface area (Å²) in [4.78, 5) is 0. The first kappa shape index (κ1) is 27.3. The largest absolute Gasteiger partial charge is 0.522 e.